The minimum absolute atomic E-state index is 0.0559. The highest BCUT2D eigenvalue weighted by atomic mass is 16.4. The van der Waals surface area contributed by atoms with E-state index >= 15 is 0 Å². The summed E-state index contributed by atoms with van der Waals surface area (Å²) in [5, 5.41) is 16.0. The van der Waals surface area contributed by atoms with Crippen LogP contribution in [-0.2, 0) is 20.8 Å². The number of benzene rings is 2. The number of aromatic amines is 1. The Bertz CT molecular complexity index is 1460. The number of carboxylic acids is 1. The van der Waals surface area contributed by atoms with Gasteiger partial charge in [0.1, 0.15) is 18.1 Å². The predicted octanol–water partition coefficient (Wildman–Crippen LogP) is 3.39. The fraction of sp³-hybridized carbons (Fsp3) is 0.400. The van der Waals surface area contributed by atoms with Gasteiger partial charge in [0.2, 0.25) is 11.8 Å². The van der Waals surface area contributed by atoms with Crippen molar-refractivity contribution in [2.75, 3.05) is 0 Å². The van der Waals surface area contributed by atoms with Crippen LogP contribution < -0.4 is 10.6 Å². The molecule has 2 aliphatic rings. The molecular weight excluding hydrogens is 496 g/mol. The van der Waals surface area contributed by atoms with Gasteiger partial charge in [0, 0.05) is 28.6 Å². The van der Waals surface area contributed by atoms with E-state index in [-0.39, 0.29) is 17.7 Å². The molecule has 0 saturated carbocycles. The lowest BCUT2D eigenvalue weighted by Gasteiger charge is -2.38. The molecule has 0 spiro atoms. The Hall–Kier alpha value is -4.14. The number of amides is 3. The molecule has 0 saturated heterocycles. The maximum atomic E-state index is 13.9. The molecule has 3 heterocycles. The molecule has 204 valence electrons. The van der Waals surface area contributed by atoms with Gasteiger partial charge in [-0.3, -0.25) is 14.4 Å². The van der Waals surface area contributed by atoms with Crippen LogP contribution in [0.2, 0.25) is 0 Å². The average Bonchev–Trinajstić information content (AvgIpc) is 3.41. The molecule has 0 radical (unpaired) electrons. The lowest BCUT2D eigenvalue weighted by atomic mass is 9.89. The third-order valence-corrected chi connectivity index (χ3v) is 7.73. The van der Waals surface area contributed by atoms with Gasteiger partial charge in [-0.2, -0.15) is 0 Å². The average molecular weight is 531 g/mol. The lowest BCUT2D eigenvalue weighted by molar-refractivity contribution is -0.143. The third-order valence-electron chi connectivity index (χ3n) is 7.73. The molecule has 2 aliphatic heterocycles. The number of aliphatic carboxylic acids is 1. The Morgan fingerprint density at radius 3 is 2.41 bits per heavy atom. The van der Waals surface area contributed by atoms with Crippen molar-refractivity contribution in [2.24, 2.45) is 11.8 Å². The zero-order valence-electron chi connectivity index (χ0n) is 22.5. The highest BCUT2D eigenvalue weighted by Gasteiger charge is 2.49. The molecule has 4 atom stereocenters. The Morgan fingerprint density at radius 2 is 1.72 bits per heavy atom. The Balaban J connectivity index is 1.50. The zero-order chi connectivity index (χ0) is 28.0. The largest absolute Gasteiger partial charge is 0.480 e. The zero-order valence-corrected chi connectivity index (χ0v) is 22.5. The highest BCUT2D eigenvalue weighted by Crippen LogP contribution is 2.46. The number of hydrogen-bond donors (Lipinski definition) is 4. The topological polar surface area (TPSA) is 132 Å². The SMILES string of the molecule is CC(C)C[C@H](NC(=O)[C@@H]1Cc2c([nH]c3ccccc23)[C@@H]2c3ccccc3C(=O)N21)C(=O)N[C@@H](C(=O)O)C(C)C. The van der Waals surface area contributed by atoms with E-state index in [4.69, 9.17) is 0 Å². The van der Waals surface area contributed by atoms with E-state index in [1.54, 1.807) is 24.8 Å². The minimum Gasteiger partial charge on any atom is -0.480 e. The molecule has 3 aromatic rings. The van der Waals surface area contributed by atoms with Crippen LogP contribution in [0.5, 0.6) is 0 Å². The standard InChI is InChI=1S/C30H34N4O5/c1-15(2)13-22(27(35)33-24(16(3)4)30(38)39)32-28(36)23-14-20-17-9-7-8-12-21(17)31-25(20)26-18-10-5-6-11-19(18)29(37)34(23)26/h5-12,15-16,22-24,26,31H,13-14H2,1-4H3,(H,32,36)(H,33,35)(H,38,39)/t22-,23-,24+,26-/m0/s1. The molecule has 0 aliphatic carbocycles. The number of rotatable bonds is 8. The van der Waals surface area contributed by atoms with Crippen LogP contribution in [-0.4, -0.2) is 56.8 Å². The summed E-state index contributed by atoms with van der Waals surface area (Å²) in [5.74, 6) is -2.61. The number of fused-ring (bicyclic) bond motifs is 7. The summed E-state index contributed by atoms with van der Waals surface area (Å²) >= 11 is 0. The summed E-state index contributed by atoms with van der Waals surface area (Å²) in [4.78, 5) is 57.7. The Labute approximate surface area is 227 Å². The van der Waals surface area contributed by atoms with Crippen molar-refractivity contribution in [3.05, 3.63) is 70.9 Å². The lowest BCUT2D eigenvalue weighted by Crippen LogP contribution is -2.58. The van der Waals surface area contributed by atoms with Crippen LogP contribution in [0, 0.1) is 11.8 Å². The van der Waals surface area contributed by atoms with Crippen LogP contribution in [0.3, 0.4) is 0 Å². The highest BCUT2D eigenvalue weighted by molar-refractivity contribution is 6.04. The second-order valence-corrected chi connectivity index (χ2v) is 11.2. The van der Waals surface area contributed by atoms with Gasteiger partial charge < -0.3 is 25.6 Å². The maximum Gasteiger partial charge on any atom is 0.326 e. The van der Waals surface area contributed by atoms with Gasteiger partial charge in [0.15, 0.2) is 0 Å². The summed E-state index contributed by atoms with van der Waals surface area (Å²) in [6, 6.07) is 12.0. The third kappa shape index (κ3) is 4.66. The van der Waals surface area contributed by atoms with Crippen molar-refractivity contribution in [1.82, 2.24) is 20.5 Å². The predicted molar refractivity (Wildman–Crippen MR) is 146 cm³/mol. The van der Waals surface area contributed by atoms with Crippen molar-refractivity contribution >= 4 is 34.6 Å². The summed E-state index contributed by atoms with van der Waals surface area (Å²) < 4.78 is 0. The number of carbonyl (C=O) groups excluding carboxylic acids is 3. The van der Waals surface area contributed by atoms with Crippen LogP contribution in [0.25, 0.3) is 10.9 Å². The molecular formula is C30H34N4O5. The van der Waals surface area contributed by atoms with E-state index in [0.717, 1.165) is 27.7 Å². The fourth-order valence-electron chi connectivity index (χ4n) is 5.88. The molecule has 4 N–H and O–H groups in total. The number of carbonyl (C=O) groups is 4. The number of carboxylic acid groups (broad SMARTS) is 1. The van der Waals surface area contributed by atoms with Crippen LogP contribution in [0.4, 0.5) is 0 Å². The Kier molecular flexibility index (Phi) is 6.92. The van der Waals surface area contributed by atoms with E-state index in [9.17, 15) is 24.3 Å². The van der Waals surface area contributed by atoms with Gasteiger partial charge in [-0.25, -0.2) is 4.79 Å². The molecule has 9 nitrogen and oxygen atoms in total. The van der Waals surface area contributed by atoms with Crippen LogP contribution in [0.1, 0.15) is 67.3 Å². The van der Waals surface area contributed by atoms with E-state index in [0.29, 0.717) is 18.4 Å². The van der Waals surface area contributed by atoms with Gasteiger partial charge in [-0.05, 0) is 41.5 Å². The van der Waals surface area contributed by atoms with Crippen LogP contribution >= 0.6 is 0 Å². The normalized spacial score (nSPS) is 19.4. The first-order valence-electron chi connectivity index (χ1n) is 13.4. The van der Waals surface area contributed by atoms with Gasteiger partial charge in [0.25, 0.3) is 5.91 Å². The maximum absolute atomic E-state index is 13.9. The first kappa shape index (κ1) is 26.5. The molecule has 39 heavy (non-hydrogen) atoms. The number of nitrogens with one attached hydrogen (secondary N) is 3. The van der Waals surface area contributed by atoms with Gasteiger partial charge in [-0.15, -0.1) is 0 Å². The summed E-state index contributed by atoms with van der Waals surface area (Å²) in [6.07, 6.45) is 0.617. The van der Waals surface area contributed by atoms with Crippen molar-refractivity contribution in [1.29, 1.82) is 0 Å². The Morgan fingerprint density at radius 1 is 1.03 bits per heavy atom. The molecule has 2 aromatic carbocycles. The fourth-order valence-corrected chi connectivity index (χ4v) is 5.88. The first-order chi connectivity index (χ1) is 18.6. The van der Waals surface area contributed by atoms with Gasteiger partial charge in [0.05, 0.1) is 6.04 Å². The molecule has 0 fully saturated rings. The first-order valence-corrected chi connectivity index (χ1v) is 13.4. The second-order valence-electron chi connectivity index (χ2n) is 11.2. The summed E-state index contributed by atoms with van der Waals surface area (Å²) in [6.45, 7) is 7.29. The van der Waals surface area contributed by atoms with E-state index in [2.05, 4.69) is 15.6 Å². The minimum atomic E-state index is -1.13. The van der Waals surface area contributed by atoms with E-state index in [1.807, 2.05) is 56.3 Å². The molecule has 1 aromatic heterocycles. The number of para-hydroxylation sites is 1. The van der Waals surface area contributed by atoms with Gasteiger partial charge >= 0.3 is 5.97 Å². The second kappa shape index (κ2) is 10.2. The monoisotopic (exact) mass is 530 g/mol. The van der Waals surface area contributed by atoms with Crippen molar-refractivity contribution < 1.29 is 24.3 Å². The number of H-pyrrole nitrogens is 1. The van der Waals surface area contributed by atoms with Crippen molar-refractivity contribution in [3.8, 4) is 0 Å². The van der Waals surface area contributed by atoms with E-state index in [1.165, 1.54) is 0 Å². The number of aromatic nitrogens is 1. The number of hydrogen-bond acceptors (Lipinski definition) is 4. The summed E-state index contributed by atoms with van der Waals surface area (Å²) in [7, 11) is 0. The molecule has 3 amide bonds. The molecule has 5 rings (SSSR count). The summed E-state index contributed by atoms with van der Waals surface area (Å²) in [5.41, 5.74) is 4.21. The molecule has 0 bridgehead atoms. The smallest absolute Gasteiger partial charge is 0.326 e. The number of nitrogens with zero attached hydrogens (tertiary/aromatic N) is 1. The van der Waals surface area contributed by atoms with Crippen molar-refractivity contribution in [2.45, 2.75) is 64.7 Å². The van der Waals surface area contributed by atoms with E-state index < -0.39 is 42.0 Å². The quantitative estimate of drug-likeness (QED) is 0.355. The molecule has 0 unspecified atom stereocenters. The van der Waals surface area contributed by atoms with Gasteiger partial charge in [-0.1, -0.05) is 64.1 Å². The van der Waals surface area contributed by atoms with Crippen LogP contribution in [0.15, 0.2) is 48.5 Å². The van der Waals surface area contributed by atoms with Crippen molar-refractivity contribution in [3.63, 3.8) is 0 Å². The molecule has 9 heteroatoms.